The predicted molar refractivity (Wildman–Crippen MR) is 23.6 cm³/mol. The second-order valence-electron chi connectivity index (χ2n) is 0.542. The summed E-state index contributed by atoms with van der Waals surface area (Å²) in [5.74, 6) is -0.981. The van der Waals surface area contributed by atoms with E-state index in [-0.39, 0.29) is 25.8 Å². The minimum Gasteiger partial charge on any atom is -0.478 e. The molecule has 0 rings (SSSR count). The molecule has 3 heteroatoms. The van der Waals surface area contributed by atoms with Gasteiger partial charge in [0.2, 0.25) is 0 Å². The van der Waals surface area contributed by atoms with Crippen LogP contribution in [0, 0.1) is 0 Å². The first-order chi connectivity index (χ1) is 2.27. The Morgan fingerprint density at radius 2 is 2.00 bits per heavy atom. The maximum Gasteiger partial charge on any atom is 0.327 e. The van der Waals surface area contributed by atoms with E-state index in [2.05, 4.69) is 6.58 Å². The summed E-state index contributed by atoms with van der Waals surface area (Å²) in [6.45, 7) is 2.96. The monoisotopic (exact) mass is 187 g/mol. The van der Waals surface area contributed by atoms with Crippen molar-refractivity contribution in [1.82, 2.24) is 0 Å². The molecular weight excluding hydrogens is 183 g/mol. The predicted octanol–water partition coefficient (Wildman–Crippen LogP) is -0.124. The van der Waals surface area contributed by atoms with Crippen LogP contribution in [0.25, 0.3) is 0 Å². The maximum absolute atomic E-state index is 9.25. The summed E-state index contributed by atoms with van der Waals surface area (Å²) in [5, 5.41) is 7.60. The molecule has 3 radical (unpaired) electrons. The molecule has 0 saturated heterocycles. The van der Waals surface area contributed by atoms with Gasteiger partial charge in [0, 0.05) is 31.9 Å². The van der Waals surface area contributed by atoms with Crippen LogP contribution in [0.2, 0.25) is 0 Å². The van der Waals surface area contributed by atoms with Crippen molar-refractivity contribution in [2.45, 2.75) is 0 Å². The average molecular weight is 187 g/mol. The minimum atomic E-state index is -0.981. The van der Waals surface area contributed by atoms with Crippen LogP contribution in [0.3, 0.4) is 0 Å². The molecule has 2 nitrogen and oxygen atoms in total. The molecule has 6 heavy (non-hydrogen) atoms. The molecule has 1 N–H and O–H groups in total. The molecule has 0 aliphatic carbocycles. The largest absolute Gasteiger partial charge is 0.478 e. The zero-order valence-electron chi connectivity index (χ0n) is 3.22. The Bertz CT molecular complexity index is 59.8. The van der Waals surface area contributed by atoms with E-state index in [9.17, 15) is 4.79 Å². The van der Waals surface area contributed by atoms with E-state index in [0.717, 1.165) is 6.08 Å². The van der Waals surface area contributed by atoms with Crippen molar-refractivity contribution >= 4 is 31.8 Å². The number of aliphatic carboxylic acids is 1. The number of hydrogen-bond donors (Lipinski definition) is 1. The first-order valence-electron chi connectivity index (χ1n) is 1.12. The molecule has 0 aromatic heterocycles. The summed E-state index contributed by atoms with van der Waals surface area (Å²) in [6, 6.07) is 0. The molecule has 0 aliphatic rings. The van der Waals surface area contributed by atoms with Crippen LogP contribution < -0.4 is 0 Å². The molecule has 0 aromatic rings. The van der Waals surface area contributed by atoms with Crippen molar-refractivity contribution < 1.29 is 9.90 Å². The number of carboxylic acids is 1. The van der Waals surface area contributed by atoms with Crippen LogP contribution in [0.5, 0.6) is 0 Å². The van der Waals surface area contributed by atoms with Gasteiger partial charge in [-0.1, -0.05) is 6.58 Å². The van der Waals surface area contributed by atoms with Gasteiger partial charge in [-0.15, -0.1) is 0 Å². The van der Waals surface area contributed by atoms with E-state index in [1.165, 1.54) is 0 Å². The van der Waals surface area contributed by atoms with Gasteiger partial charge >= 0.3 is 5.97 Å². The van der Waals surface area contributed by atoms with Gasteiger partial charge in [-0.3, -0.25) is 0 Å². The Morgan fingerprint density at radius 3 is 2.00 bits per heavy atom. The number of carbonyl (C=O) groups is 1. The van der Waals surface area contributed by atoms with Gasteiger partial charge < -0.3 is 5.11 Å². The molecule has 0 aliphatic heterocycles. The fraction of sp³-hybridized carbons (Fsp3) is 0. The summed E-state index contributed by atoms with van der Waals surface area (Å²) in [4.78, 5) is 9.25. The maximum atomic E-state index is 9.25. The van der Waals surface area contributed by atoms with Gasteiger partial charge in [-0.05, 0) is 0 Å². The van der Waals surface area contributed by atoms with Gasteiger partial charge in [0.15, 0.2) is 0 Å². The molecular formula is C3H4InO2. The third-order valence-electron chi connectivity index (χ3n) is 0.175. The fourth-order valence-electron chi connectivity index (χ4n) is 0. The molecule has 0 amide bonds. The van der Waals surface area contributed by atoms with Crippen LogP contribution in [-0.2, 0) is 4.79 Å². The Labute approximate surface area is 54.6 Å². The summed E-state index contributed by atoms with van der Waals surface area (Å²) in [5.41, 5.74) is 0. The topological polar surface area (TPSA) is 37.3 Å². The Hall–Kier alpha value is 0.0801. The molecule has 0 saturated carbocycles. The van der Waals surface area contributed by atoms with E-state index < -0.39 is 5.97 Å². The molecule has 0 atom stereocenters. The van der Waals surface area contributed by atoms with E-state index in [1.807, 2.05) is 0 Å². The van der Waals surface area contributed by atoms with Gasteiger partial charge in [-0.25, -0.2) is 4.79 Å². The summed E-state index contributed by atoms with van der Waals surface area (Å²) < 4.78 is 0. The first kappa shape index (κ1) is 9.43. The van der Waals surface area contributed by atoms with Gasteiger partial charge in [-0.2, -0.15) is 0 Å². The normalized spacial score (nSPS) is 5.33. The standard InChI is InChI=1S/C3H4O2.In/c1-2-3(4)5;/h2H,1H2,(H,4,5);. The second kappa shape index (κ2) is 5.08. The average Bonchev–Trinajstić information content (AvgIpc) is 1.38. The Kier molecular flexibility index (Phi) is 7.98. The van der Waals surface area contributed by atoms with E-state index >= 15 is 0 Å². The molecule has 0 bridgehead atoms. The van der Waals surface area contributed by atoms with Crippen molar-refractivity contribution in [2.24, 2.45) is 0 Å². The first-order valence-corrected chi connectivity index (χ1v) is 1.12. The van der Waals surface area contributed by atoms with Crippen LogP contribution in [0.4, 0.5) is 0 Å². The van der Waals surface area contributed by atoms with E-state index in [1.54, 1.807) is 0 Å². The summed E-state index contributed by atoms with van der Waals surface area (Å²) in [6.07, 6.45) is 0.833. The van der Waals surface area contributed by atoms with E-state index in [0.29, 0.717) is 0 Å². The minimum absolute atomic E-state index is 0. The van der Waals surface area contributed by atoms with Crippen molar-refractivity contribution in [3.8, 4) is 0 Å². The Morgan fingerprint density at radius 1 is 1.83 bits per heavy atom. The third kappa shape index (κ3) is 8.95. The molecule has 0 unspecified atom stereocenters. The summed E-state index contributed by atoms with van der Waals surface area (Å²) >= 11 is 0. The molecule has 0 heterocycles. The Balaban J connectivity index is 0. The van der Waals surface area contributed by atoms with Crippen molar-refractivity contribution in [3.63, 3.8) is 0 Å². The third-order valence-corrected chi connectivity index (χ3v) is 0.175. The SMILES string of the molecule is C=CC(=O)O.[In]. The van der Waals surface area contributed by atoms with Gasteiger partial charge in [0.1, 0.15) is 0 Å². The fourth-order valence-corrected chi connectivity index (χ4v) is 0. The zero-order chi connectivity index (χ0) is 4.28. The molecule has 0 spiro atoms. The quantitative estimate of drug-likeness (QED) is 0.580. The van der Waals surface area contributed by atoms with Crippen molar-refractivity contribution in [1.29, 1.82) is 0 Å². The number of hydrogen-bond acceptors (Lipinski definition) is 1. The second-order valence-corrected chi connectivity index (χ2v) is 0.542. The van der Waals surface area contributed by atoms with Crippen molar-refractivity contribution in [2.75, 3.05) is 0 Å². The smallest absolute Gasteiger partial charge is 0.327 e. The van der Waals surface area contributed by atoms with Crippen LogP contribution in [0.1, 0.15) is 0 Å². The van der Waals surface area contributed by atoms with Crippen LogP contribution >= 0.6 is 0 Å². The van der Waals surface area contributed by atoms with Crippen LogP contribution in [-0.4, -0.2) is 36.9 Å². The molecule has 31 valence electrons. The van der Waals surface area contributed by atoms with Crippen molar-refractivity contribution in [3.05, 3.63) is 12.7 Å². The van der Waals surface area contributed by atoms with E-state index in [4.69, 9.17) is 5.11 Å². The number of rotatable bonds is 1. The van der Waals surface area contributed by atoms with Gasteiger partial charge in [0.05, 0.1) is 0 Å². The zero-order valence-corrected chi connectivity index (χ0v) is 6.51. The number of carboxylic acid groups (broad SMARTS) is 1. The van der Waals surface area contributed by atoms with Gasteiger partial charge in [0.25, 0.3) is 0 Å². The molecule has 0 fully saturated rings. The van der Waals surface area contributed by atoms with Crippen LogP contribution in [0.15, 0.2) is 12.7 Å². The summed E-state index contributed by atoms with van der Waals surface area (Å²) in [7, 11) is 0. The molecule has 0 aromatic carbocycles.